The van der Waals surface area contributed by atoms with Crippen LogP contribution >= 0.6 is 0 Å². The van der Waals surface area contributed by atoms with Crippen molar-refractivity contribution in [1.82, 2.24) is 5.32 Å². The van der Waals surface area contributed by atoms with E-state index in [-0.39, 0.29) is 12.6 Å². The molecule has 0 radical (unpaired) electrons. The molecule has 1 aliphatic carbocycles. The van der Waals surface area contributed by atoms with Gasteiger partial charge in [-0.25, -0.2) is 0 Å². The minimum Gasteiger partial charge on any atom is -0.392 e. The number of aliphatic hydroxyl groups excluding tert-OH is 1. The standard InChI is InChI=1S/C18H29NO2/c1-14-6-3-4-9-18(14)21-11-10-19-15(2)17-8-5-7-16(12-17)13-20/h5,7-8,12,14-15,18-20H,3-4,6,9-11,13H2,1-2H3. The fourth-order valence-corrected chi connectivity index (χ4v) is 3.09. The van der Waals surface area contributed by atoms with Gasteiger partial charge < -0.3 is 15.2 Å². The molecule has 0 saturated heterocycles. The van der Waals surface area contributed by atoms with Gasteiger partial charge in [0.25, 0.3) is 0 Å². The zero-order valence-electron chi connectivity index (χ0n) is 13.3. The molecule has 0 aromatic heterocycles. The lowest BCUT2D eigenvalue weighted by Crippen LogP contribution is -2.30. The topological polar surface area (TPSA) is 41.5 Å². The van der Waals surface area contributed by atoms with Crippen molar-refractivity contribution in [3.8, 4) is 0 Å². The van der Waals surface area contributed by atoms with Crippen molar-refractivity contribution in [2.24, 2.45) is 5.92 Å². The molecule has 1 aliphatic rings. The number of aliphatic hydroxyl groups is 1. The summed E-state index contributed by atoms with van der Waals surface area (Å²) in [6, 6.07) is 8.38. The van der Waals surface area contributed by atoms with Crippen LogP contribution < -0.4 is 5.32 Å². The third-order valence-electron chi connectivity index (χ3n) is 4.55. The van der Waals surface area contributed by atoms with Crippen LogP contribution in [0.3, 0.4) is 0 Å². The van der Waals surface area contributed by atoms with Crippen LogP contribution in [0.2, 0.25) is 0 Å². The minimum atomic E-state index is 0.100. The Morgan fingerprint density at radius 3 is 2.90 bits per heavy atom. The average molecular weight is 291 g/mol. The molecular weight excluding hydrogens is 262 g/mol. The van der Waals surface area contributed by atoms with Crippen LogP contribution in [-0.2, 0) is 11.3 Å². The van der Waals surface area contributed by atoms with E-state index in [0.717, 1.165) is 18.7 Å². The van der Waals surface area contributed by atoms with Gasteiger partial charge in [0.2, 0.25) is 0 Å². The van der Waals surface area contributed by atoms with Gasteiger partial charge in [-0.15, -0.1) is 0 Å². The first-order valence-electron chi connectivity index (χ1n) is 8.25. The molecule has 3 unspecified atom stereocenters. The van der Waals surface area contributed by atoms with E-state index >= 15 is 0 Å². The number of benzene rings is 1. The smallest absolute Gasteiger partial charge is 0.0681 e. The van der Waals surface area contributed by atoms with Crippen LogP contribution in [0.15, 0.2) is 24.3 Å². The van der Waals surface area contributed by atoms with Crippen LogP contribution in [0.4, 0.5) is 0 Å². The molecule has 1 aromatic rings. The van der Waals surface area contributed by atoms with Crippen molar-refractivity contribution in [1.29, 1.82) is 0 Å². The molecule has 2 N–H and O–H groups in total. The Morgan fingerprint density at radius 2 is 2.14 bits per heavy atom. The Balaban J connectivity index is 1.70. The molecular formula is C18H29NO2. The van der Waals surface area contributed by atoms with Crippen LogP contribution in [0.5, 0.6) is 0 Å². The first kappa shape index (κ1) is 16.5. The van der Waals surface area contributed by atoms with Gasteiger partial charge in [0, 0.05) is 12.6 Å². The van der Waals surface area contributed by atoms with Crippen molar-refractivity contribution in [3.05, 3.63) is 35.4 Å². The molecule has 1 fully saturated rings. The summed E-state index contributed by atoms with van der Waals surface area (Å²) in [6.07, 6.45) is 5.65. The number of hydrogen-bond acceptors (Lipinski definition) is 3. The van der Waals surface area contributed by atoms with Crippen molar-refractivity contribution < 1.29 is 9.84 Å². The molecule has 1 aromatic carbocycles. The molecule has 0 aliphatic heterocycles. The Hall–Kier alpha value is -0.900. The lowest BCUT2D eigenvalue weighted by molar-refractivity contribution is -0.00373. The number of ether oxygens (including phenoxy) is 1. The van der Waals surface area contributed by atoms with Crippen LogP contribution in [0.25, 0.3) is 0 Å². The minimum absolute atomic E-state index is 0.100. The predicted molar refractivity (Wildman–Crippen MR) is 86.2 cm³/mol. The van der Waals surface area contributed by atoms with Gasteiger partial charge in [-0.05, 0) is 36.8 Å². The lowest BCUT2D eigenvalue weighted by atomic mass is 9.88. The summed E-state index contributed by atoms with van der Waals surface area (Å²) in [4.78, 5) is 0. The van der Waals surface area contributed by atoms with Crippen LogP contribution in [0.1, 0.15) is 56.7 Å². The Labute approximate surface area is 128 Å². The Kier molecular flexibility index (Phi) is 6.68. The second kappa shape index (κ2) is 8.52. The highest BCUT2D eigenvalue weighted by molar-refractivity contribution is 5.25. The summed E-state index contributed by atoms with van der Waals surface area (Å²) in [5, 5.41) is 12.7. The van der Waals surface area contributed by atoms with Crippen molar-refractivity contribution in [2.75, 3.05) is 13.2 Å². The van der Waals surface area contributed by atoms with E-state index in [2.05, 4.69) is 31.3 Å². The average Bonchev–Trinajstić information content (AvgIpc) is 2.53. The van der Waals surface area contributed by atoms with Crippen LogP contribution in [0, 0.1) is 5.92 Å². The summed E-state index contributed by atoms with van der Waals surface area (Å²) >= 11 is 0. The number of nitrogens with one attached hydrogen (secondary N) is 1. The van der Waals surface area contributed by atoms with Crippen molar-refractivity contribution in [3.63, 3.8) is 0 Å². The molecule has 21 heavy (non-hydrogen) atoms. The summed E-state index contributed by atoms with van der Waals surface area (Å²) in [7, 11) is 0. The first-order chi connectivity index (χ1) is 10.2. The van der Waals surface area contributed by atoms with E-state index in [9.17, 15) is 5.11 Å². The molecule has 0 heterocycles. The maximum atomic E-state index is 9.19. The third-order valence-corrected chi connectivity index (χ3v) is 4.55. The van der Waals surface area contributed by atoms with Gasteiger partial charge in [-0.1, -0.05) is 44.0 Å². The molecule has 2 rings (SSSR count). The van der Waals surface area contributed by atoms with E-state index in [1.54, 1.807) is 0 Å². The molecule has 3 heteroatoms. The number of rotatable bonds is 7. The maximum absolute atomic E-state index is 9.19. The number of hydrogen-bond donors (Lipinski definition) is 2. The summed E-state index contributed by atoms with van der Waals surface area (Å²) in [5.41, 5.74) is 2.18. The van der Waals surface area contributed by atoms with E-state index in [1.165, 1.54) is 31.2 Å². The quantitative estimate of drug-likeness (QED) is 0.756. The van der Waals surface area contributed by atoms with Gasteiger partial charge in [-0.2, -0.15) is 0 Å². The first-order valence-corrected chi connectivity index (χ1v) is 8.25. The summed E-state index contributed by atoms with van der Waals surface area (Å²) < 4.78 is 6.02. The van der Waals surface area contributed by atoms with E-state index in [0.29, 0.717) is 12.0 Å². The molecule has 3 nitrogen and oxygen atoms in total. The predicted octanol–water partition coefficient (Wildman–Crippen LogP) is 3.42. The van der Waals surface area contributed by atoms with E-state index in [4.69, 9.17) is 4.74 Å². The molecule has 118 valence electrons. The monoisotopic (exact) mass is 291 g/mol. The zero-order valence-corrected chi connectivity index (χ0v) is 13.3. The van der Waals surface area contributed by atoms with Gasteiger partial charge in [0.15, 0.2) is 0 Å². The van der Waals surface area contributed by atoms with E-state index < -0.39 is 0 Å². The molecule has 3 atom stereocenters. The fourth-order valence-electron chi connectivity index (χ4n) is 3.09. The van der Waals surface area contributed by atoms with Crippen LogP contribution in [-0.4, -0.2) is 24.4 Å². The van der Waals surface area contributed by atoms with Crippen molar-refractivity contribution >= 4 is 0 Å². The van der Waals surface area contributed by atoms with Gasteiger partial charge in [0.05, 0.1) is 19.3 Å². The molecule has 0 bridgehead atoms. The lowest BCUT2D eigenvalue weighted by Gasteiger charge is -2.29. The van der Waals surface area contributed by atoms with Crippen molar-refractivity contribution in [2.45, 2.75) is 58.3 Å². The Bertz CT molecular complexity index is 421. The second-order valence-corrected chi connectivity index (χ2v) is 6.25. The van der Waals surface area contributed by atoms with Gasteiger partial charge in [0.1, 0.15) is 0 Å². The fraction of sp³-hybridized carbons (Fsp3) is 0.667. The highest BCUT2D eigenvalue weighted by Gasteiger charge is 2.21. The zero-order chi connectivity index (χ0) is 15.1. The summed E-state index contributed by atoms with van der Waals surface area (Å²) in [6.45, 7) is 6.20. The third kappa shape index (κ3) is 5.10. The highest BCUT2D eigenvalue weighted by Crippen LogP contribution is 2.26. The molecule has 0 amide bonds. The summed E-state index contributed by atoms with van der Waals surface area (Å²) in [5.74, 6) is 0.706. The highest BCUT2D eigenvalue weighted by atomic mass is 16.5. The SMILES string of the molecule is CC(NCCOC1CCCCC1C)c1cccc(CO)c1. The molecule has 0 spiro atoms. The normalized spacial score (nSPS) is 24.0. The van der Waals surface area contributed by atoms with E-state index in [1.807, 2.05) is 12.1 Å². The molecule has 1 saturated carbocycles. The van der Waals surface area contributed by atoms with Gasteiger partial charge in [-0.3, -0.25) is 0 Å². The maximum Gasteiger partial charge on any atom is 0.0681 e. The largest absolute Gasteiger partial charge is 0.392 e. The Morgan fingerprint density at radius 1 is 1.33 bits per heavy atom. The van der Waals surface area contributed by atoms with Gasteiger partial charge >= 0.3 is 0 Å². The second-order valence-electron chi connectivity index (χ2n) is 6.25.